The second-order valence-electron chi connectivity index (χ2n) is 8.17. The molecule has 0 saturated heterocycles. The molecule has 2 aromatic carbocycles. The van der Waals surface area contributed by atoms with E-state index >= 15 is 0 Å². The maximum atomic E-state index is 13.5. The first-order valence-corrected chi connectivity index (χ1v) is 11.7. The molecular formula is C23H23N3O6S. The third kappa shape index (κ3) is 3.97. The number of primary amides is 1. The van der Waals surface area contributed by atoms with E-state index in [1.54, 1.807) is 0 Å². The van der Waals surface area contributed by atoms with Crippen molar-refractivity contribution >= 4 is 27.5 Å². The number of nitrogens with zero attached hydrogens (tertiary/aromatic N) is 2. The third-order valence-corrected chi connectivity index (χ3v) is 6.84. The minimum atomic E-state index is -4.24. The summed E-state index contributed by atoms with van der Waals surface area (Å²) >= 11 is 0. The maximum absolute atomic E-state index is 13.5. The topological polar surface area (TPSA) is 139 Å². The van der Waals surface area contributed by atoms with Crippen molar-refractivity contribution in [1.29, 1.82) is 0 Å². The van der Waals surface area contributed by atoms with E-state index in [-0.39, 0.29) is 45.7 Å². The van der Waals surface area contributed by atoms with Crippen LogP contribution in [0.3, 0.4) is 0 Å². The van der Waals surface area contributed by atoms with Crippen LogP contribution in [0.15, 0.2) is 69.2 Å². The van der Waals surface area contributed by atoms with Crippen LogP contribution in [0.1, 0.15) is 25.0 Å². The van der Waals surface area contributed by atoms with Gasteiger partial charge in [0.25, 0.3) is 21.8 Å². The zero-order valence-electron chi connectivity index (χ0n) is 18.1. The number of carbonyl (C=O) groups excluding carboxylic acids is 2. The molecular weight excluding hydrogens is 446 g/mol. The fourth-order valence-corrected chi connectivity index (χ4v) is 5.49. The van der Waals surface area contributed by atoms with Crippen LogP contribution in [-0.4, -0.2) is 48.6 Å². The van der Waals surface area contributed by atoms with Gasteiger partial charge < -0.3 is 20.5 Å². The first kappa shape index (κ1) is 22.5. The molecule has 10 heteroatoms. The summed E-state index contributed by atoms with van der Waals surface area (Å²) in [6.45, 7) is 3.46. The molecule has 0 aromatic heterocycles. The summed E-state index contributed by atoms with van der Waals surface area (Å²) in [5.74, 6) is -1.75. The van der Waals surface area contributed by atoms with Crippen LogP contribution in [0.25, 0.3) is 0 Å². The number of aliphatic hydroxyl groups excluding tert-OH is 1. The minimum Gasteiger partial charge on any atom is -0.509 e. The number of nitrogens with two attached hydrogens (primary N) is 1. The average molecular weight is 470 g/mol. The molecule has 172 valence electrons. The highest BCUT2D eigenvalue weighted by molar-refractivity contribution is 7.91. The first-order valence-electron chi connectivity index (χ1n) is 10.3. The van der Waals surface area contributed by atoms with Crippen molar-refractivity contribution in [2.24, 2.45) is 16.0 Å². The lowest BCUT2D eigenvalue weighted by molar-refractivity contribution is -0.128. The van der Waals surface area contributed by atoms with Crippen LogP contribution in [0.4, 0.5) is 0 Å². The molecule has 0 fully saturated rings. The molecule has 2 aliphatic heterocycles. The second-order valence-corrected chi connectivity index (χ2v) is 9.71. The molecule has 3 N–H and O–H groups in total. The Morgan fingerprint density at radius 1 is 1.18 bits per heavy atom. The number of ether oxygens (including phenoxy) is 1. The standard InChI is InChI=1S/C23H23N3O6S/c1-13(2)20-21(28)18(23(29)26(20)11-14-7-4-3-5-8-14)19-15-9-6-10-16(32-12-17(24)27)22(15)33(30,31)25-19/h3-10,13,20,28H,11-12H2,1-2H3,(H2,24,27)/t20-/m0/s1. The molecule has 2 heterocycles. The summed E-state index contributed by atoms with van der Waals surface area (Å²) in [7, 11) is -4.24. The lowest BCUT2D eigenvalue weighted by atomic mass is 9.98. The van der Waals surface area contributed by atoms with Gasteiger partial charge in [0.2, 0.25) is 0 Å². The minimum absolute atomic E-state index is 0.0999. The number of aliphatic hydroxyl groups is 1. The number of hydrogen-bond acceptors (Lipinski definition) is 6. The Morgan fingerprint density at radius 3 is 2.52 bits per heavy atom. The van der Waals surface area contributed by atoms with Crippen LogP contribution >= 0.6 is 0 Å². The summed E-state index contributed by atoms with van der Waals surface area (Å²) in [6.07, 6.45) is 0. The van der Waals surface area contributed by atoms with Gasteiger partial charge in [0, 0.05) is 12.1 Å². The SMILES string of the molecule is CC(C)[C@H]1C(O)=C(C2=NS(=O)(=O)c3c(OCC(N)=O)cccc32)C(=O)N1Cc1ccccc1. The summed E-state index contributed by atoms with van der Waals surface area (Å²) in [6, 6.07) is 13.0. The van der Waals surface area contributed by atoms with E-state index in [2.05, 4.69) is 4.40 Å². The Hall–Kier alpha value is -3.66. The molecule has 0 unspecified atom stereocenters. The quantitative estimate of drug-likeness (QED) is 0.635. The van der Waals surface area contributed by atoms with Crippen molar-refractivity contribution in [1.82, 2.24) is 4.90 Å². The Bertz CT molecular complexity index is 1300. The Kier molecular flexibility index (Phi) is 5.71. The predicted molar refractivity (Wildman–Crippen MR) is 120 cm³/mol. The smallest absolute Gasteiger partial charge is 0.287 e. The fraction of sp³-hybridized carbons (Fsp3) is 0.261. The lowest BCUT2D eigenvalue weighted by Gasteiger charge is -2.28. The van der Waals surface area contributed by atoms with Gasteiger partial charge in [0.15, 0.2) is 6.61 Å². The molecule has 1 atom stereocenters. The van der Waals surface area contributed by atoms with E-state index in [9.17, 15) is 23.1 Å². The number of benzene rings is 2. The molecule has 2 amide bonds. The Labute approximate surface area is 191 Å². The Balaban J connectivity index is 1.79. The number of sulfonamides is 1. The highest BCUT2D eigenvalue weighted by Crippen LogP contribution is 2.40. The van der Waals surface area contributed by atoms with Crippen molar-refractivity contribution in [3.05, 3.63) is 71.0 Å². The van der Waals surface area contributed by atoms with E-state index in [4.69, 9.17) is 10.5 Å². The molecule has 0 saturated carbocycles. The van der Waals surface area contributed by atoms with Gasteiger partial charge in [-0.05, 0) is 17.5 Å². The summed E-state index contributed by atoms with van der Waals surface area (Å²) in [5.41, 5.74) is 5.80. The van der Waals surface area contributed by atoms with Crippen LogP contribution < -0.4 is 10.5 Å². The predicted octanol–water partition coefficient (Wildman–Crippen LogP) is 1.92. The zero-order valence-corrected chi connectivity index (χ0v) is 18.9. The number of fused-ring (bicyclic) bond motifs is 1. The maximum Gasteiger partial charge on any atom is 0.287 e. The fourth-order valence-electron chi connectivity index (χ4n) is 4.15. The van der Waals surface area contributed by atoms with Gasteiger partial charge in [-0.25, -0.2) is 0 Å². The van der Waals surface area contributed by atoms with E-state index < -0.39 is 34.5 Å². The molecule has 33 heavy (non-hydrogen) atoms. The third-order valence-electron chi connectivity index (χ3n) is 5.48. The van der Waals surface area contributed by atoms with Crippen LogP contribution in [0, 0.1) is 5.92 Å². The zero-order chi connectivity index (χ0) is 23.9. The highest BCUT2D eigenvalue weighted by atomic mass is 32.2. The summed E-state index contributed by atoms with van der Waals surface area (Å²) in [4.78, 5) is 25.8. The average Bonchev–Trinajstić information content (AvgIpc) is 3.16. The van der Waals surface area contributed by atoms with E-state index in [0.29, 0.717) is 0 Å². The highest BCUT2D eigenvalue weighted by Gasteiger charge is 2.46. The van der Waals surface area contributed by atoms with Crippen LogP contribution in [0.2, 0.25) is 0 Å². The summed E-state index contributed by atoms with van der Waals surface area (Å²) in [5, 5.41) is 11.1. The lowest BCUT2D eigenvalue weighted by Crippen LogP contribution is -2.38. The second kappa shape index (κ2) is 8.36. The van der Waals surface area contributed by atoms with Gasteiger partial charge in [-0.3, -0.25) is 9.59 Å². The van der Waals surface area contributed by atoms with Gasteiger partial charge in [0.1, 0.15) is 27.7 Å². The molecule has 0 bridgehead atoms. The van der Waals surface area contributed by atoms with Crippen molar-refractivity contribution < 1.29 is 27.9 Å². The van der Waals surface area contributed by atoms with Crippen molar-refractivity contribution in [2.45, 2.75) is 31.3 Å². The van der Waals surface area contributed by atoms with Crippen molar-refractivity contribution in [3.63, 3.8) is 0 Å². The Morgan fingerprint density at radius 2 is 1.88 bits per heavy atom. The van der Waals surface area contributed by atoms with Crippen LogP contribution in [-0.2, 0) is 26.2 Å². The largest absolute Gasteiger partial charge is 0.509 e. The molecule has 4 rings (SSSR count). The van der Waals surface area contributed by atoms with E-state index in [0.717, 1.165) is 5.56 Å². The van der Waals surface area contributed by atoms with Crippen molar-refractivity contribution in [3.8, 4) is 5.75 Å². The number of rotatable bonds is 7. The number of hydrogen-bond donors (Lipinski definition) is 2. The van der Waals surface area contributed by atoms with Gasteiger partial charge in [-0.15, -0.1) is 0 Å². The number of carbonyl (C=O) groups is 2. The van der Waals surface area contributed by atoms with E-state index in [1.807, 2.05) is 44.2 Å². The van der Waals surface area contributed by atoms with Crippen molar-refractivity contribution in [2.75, 3.05) is 6.61 Å². The molecule has 0 spiro atoms. The molecule has 0 radical (unpaired) electrons. The molecule has 2 aromatic rings. The monoisotopic (exact) mass is 469 g/mol. The van der Waals surface area contributed by atoms with Gasteiger partial charge >= 0.3 is 0 Å². The van der Waals surface area contributed by atoms with E-state index in [1.165, 1.54) is 23.1 Å². The van der Waals surface area contributed by atoms with Gasteiger partial charge in [-0.2, -0.15) is 12.8 Å². The summed E-state index contributed by atoms with van der Waals surface area (Å²) < 4.78 is 34.8. The normalized spacial score (nSPS) is 19.1. The number of amides is 2. The van der Waals surface area contributed by atoms with Gasteiger partial charge in [0.05, 0.1) is 6.04 Å². The molecule has 0 aliphatic carbocycles. The van der Waals surface area contributed by atoms with Crippen LogP contribution in [0.5, 0.6) is 5.75 Å². The first-order chi connectivity index (χ1) is 15.6. The molecule has 9 nitrogen and oxygen atoms in total. The molecule has 2 aliphatic rings. The van der Waals surface area contributed by atoms with Gasteiger partial charge in [-0.1, -0.05) is 56.3 Å².